The highest BCUT2D eigenvalue weighted by atomic mass is 16.6. The van der Waals surface area contributed by atoms with Gasteiger partial charge in [-0.05, 0) is 12.1 Å². The minimum atomic E-state index is -1.18. The SMILES string of the molecule is O=C(OC[C@@H]1C[C@H](O)[C@H](O)O1)c1ccccc1. The first kappa shape index (κ1) is 12.0. The lowest BCUT2D eigenvalue weighted by Gasteiger charge is -2.10. The van der Waals surface area contributed by atoms with Crippen molar-refractivity contribution in [3.8, 4) is 0 Å². The Bertz CT molecular complexity index is 368. The second-order valence-corrected chi connectivity index (χ2v) is 3.92. The van der Waals surface area contributed by atoms with E-state index < -0.39 is 24.5 Å². The highest BCUT2D eigenvalue weighted by Gasteiger charge is 2.33. The Morgan fingerprint density at radius 1 is 1.35 bits per heavy atom. The van der Waals surface area contributed by atoms with Crippen molar-refractivity contribution in [3.05, 3.63) is 35.9 Å². The summed E-state index contributed by atoms with van der Waals surface area (Å²) in [6.07, 6.45) is -2.28. The van der Waals surface area contributed by atoms with Crippen molar-refractivity contribution in [1.82, 2.24) is 0 Å². The number of aliphatic hydroxyl groups is 2. The third-order valence-corrected chi connectivity index (χ3v) is 2.58. The zero-order valence-corrected chi connectivity index (χ0v) is 9.15. The van der Waals surface area contributed by atoms with Crippen LogP contribution in [0.25, 0.3) is 0 Å². The lowest BCUT2D eigenvalue weighted by atomic mass is 10.2. The Hall–Kier alpha value is -1.43. The van der Waals surface area contributed by atoms with Crippen LogP contribution in [-0.4, -0.2) is 41.3 Å². The van der Waals surface area contributed by atoms with Crippen molar-refractivity contribution in [2.45, 2.75) is 24.9 Å². The van der Waals surface area contributed by atoms with Crippen LogP contribution in [0.2, 0.25) is 0 Å². The molecule has 0 spiro atoms. The standard InChI is InChI=1S/C12H14O5/c13-10-6-9(17-12(10)15)7-16-11(14)8-4-2-1-3-5-8/h1-5,9-10,12-13,15H,6-7H2/t9-,10-,12+/m0/s1. The lowest BCUT2D eigenvalue weighted by molar-refractivity contribution is -0.133. The van der Waals surface area contributed by atoms with Crippen LogP contribution in [0.4, 0.5) is 0 Å². The van der Waals surface area contributed by atoms with Crippen LogP contribution >= 0.6 is 0 Å². The van der Waals surface area contributed by atoms with Gasteiger partial charge in [-0.15, -0.1) is 0 Å². The molecule has 1 fully saturated rings. The Morgan fingerprint density at radius 3 is 2.65 bits per heavy atom. The molecular formula is C12H14O5. The second kappa shape index (κ2) is 5.27. The fourth-order valence-corrected chi connectivity index (χ4v) is 1.66. The minimum Gasteiger partial charge on any atom is -0.459 e. The summed E-state index contributed by atoms with van der Waals surface area (Å²) in [6.45, 7) is 0.0296. The molecule has 1 aliphatic heterocycles. The van der Waals surface area contributed by atoms with Gasteiger partial charge in [-0.3, -0.25) is 0 Å². The van der Waals surface area contributed by atoms with E-state index in [9.17, 15) is 9.90 Å². The number of ether oxygens (including phenoxy) is 2. The molecule has 0 aliphatic carbocycles. The van der Waals surface area contributed by atoms with Gasteiger partial charge in [0.15, 0.2) is 6.29 Å². The lowest BCUT2D eigenvalue weighted by Crippen LogP contribution is -2.20. The Balaban J connectivity index is 1.81. The number of aliphatic hydroxyl groups excluding tert-OH is 2. The van der Waals surface area contributed by atoms with Crippen molar-refractivity contribution in [2.75, 3.05) is 6.61 Å². The van der Waals surface area contributed by atoms with E-state index in [0.29, 0.717) is 5.56 Å². The molecule has 0 bridgehead atoms. The summed E-state index contributed by atoms with van der Waals surface area (Å²) in [5.74, 6) is -0.440. The first-order valence-corrected chi connectivity index (χ1v) is 5.40. The van der Waals surface area contributed by atoms with Gasteiger partial charge in [0.1, 0.15) is 12.7 Å². The van der Waals surface area contributed by atoms with Gasteiger partial charge in [-0.2, -0.15) is 0 Å². The fourth-order valence-electron chi connectivity index (χ4n) is 1.66. The molecule has 0 aromatic heterocycles. The number of benzene rings is 1. The third kappa shape index (κ3) is 3.03. The van der Waals surface area contributed by atoms with E-state index in [-0.39, 0.29) is 13.0 Å². The van der Waals surface area contributed by atoms with Gasteiger partial charge in [0.2, 0.25) is 0 Å². The van der Waals surface area contributed by atoms with Crippen molar-refractivity contribution < 1.29 is 24.5 Å². The van der Waals surface area contributed by atoms with Crippen LogP contribution in [0.1, 0.15) is 16.8 Å². The van der Waals surface area contributed by atoms with E-state index in [0.717, 1.165) is 0 Å². The molecule has 1 aromatic carbocycles. The first-order valence-electron chi connectivity index (χ1n) is 5.40. The molecule has 1 aliphatic rings. The molecule has 2 N–H and O–H groups in total. The van der Waals surface area contributed by atoms with Crippen LogP contribution in [0.15, 0.2) is 30.3 Å². The molecule has 0 radical (unpaired) electrons. The summed E-state index contributed by atoms with van der Waals surface area (Å²) in [4.78, 5) is 11.6. The van der Waals surface area contributed by atoms with E-state index in [2.05, 4.69) is 0 Å². The molecule has 1 aromatic rings. The monoisotopic (exact) mass is 238 g/mol. The topological polar surface area (TPSA) is 76.0 Å². The number of hydrogen-bond acceptors (Lipinski definition) is 5. The van der Waals surface area contributed by atoms with Gasteiger partial charge in [0, 0.05) is 6.42 Å². The molecule has 0 saturated carbocycles. The molecule has 1 saturated heterocycles. The zero-order valence-electron chi connectivity index (χ0n) is 9.15. The maximum atomic E-state index is 11.6. The molecular weight excluding hydrogens is 224 g/mol. The van der Waals surface area contributed by atoms with E-state index in [1.807, 2.05) is 6.07 Å². The minimum absolute atomic E-state index is 0.0296. The number of esters is 1. The number of carbonyl (C=O) groups excluding carboxylic acids is 1. The largest absolute Gasteiger partial charge is 0.459 e. The van der Waals surface area contributed by atoms with Crippen LogP contribution in [-0.2, 0) is 9.47 Å². The summed E-state index contributed by atoms with van der Waals surface area (Å²) in [5.41, 5.74) is 0.464. The van der Waals surface area contributed by atoms with Gasteiger partial charge in [-0.25, -0.2) is 4.79 Å². The second-order valence-electron chi connectivity index (χ2n) is 3.92. The quantitative estimate of drug-likeness (QED) is 0.741. The molecule has 3 atom stereocenters. The maximum absolute atomic E-state index is 11.6. The Labute approximate surface area is 98.6 Å². The van der Waals surface area contributed by atoms with Crippen molar-refractivity contribution in [2.24, 2.45) is 0 Å². The van der Waals surface area contributed by atoms with Crippen molar-refractivity contribution in [3.63, 3.8) is 0 Å². The molecule has 1 heterocycles. The number of carbonyl (C=O) groups is 1. The third-order valence-electron chi connectivity index (χ3n) is 2.58. The molecule has 5 nitrogen and oxygen atoms in total. The van der Waals surface area contributed by atoms with Crippen molar-refractivity contribution >= 4 is 5.97 Å². The van der Waals surface area contributed by atoms with Gasteiger partial charge in [-0.1, -0.05) is 18.2 Å². The predicted octanol–water partition coefficient (Wildman–Crippen LogP) is 0.312. The van der Waals surface area contributed by atoms with E-state index in [1.165, 1.54) is 0 Å². The molecule has 17 heavy (non-hydrogen) atoms. The highest BCUT2D eigenvalue weighted by Crippen LogP contribution is 2.19. The summed E-state index contributed by atoms with van der Waals surface area (Å²) in [5, 5.41) is 18.4. The van der Waals surface area contributed by atoms with Crippen molar-refractivity contribution in [1.29, 1.82) is 0 Å². The Kier molecular flexibility index (Phi) is 3.73. The molecule has 0 amide bonds. The van der Waals surface area contributed by atoms with Crippen LogP contribution < -0.4 is 0 Å². The van der Waals surface area contributed by atoms with Crippen LogP contribution in [0, 0.1) is 0 Å². The van der Waals surface area contributed by atoms with Gasteiger partial charge in [0.25, 0.3) is 0 Å². The summed E-state index contributed by atoms with van der Waals surface area (Å²) < 4.78 is 10.0. The molecule has 5 heteroatoms. The molecule has 92 valence electrons. The van der Waals surface area contributed by atoms with Gasteiger partial charge < -0.3 is 19.7 Å². The van der Waals surface area contributed by atoms with E-state index >= 15 is 0 Å². The van der Waals surface area contributed by atoms with Gasteiger partial charge >= 0.3 is 5.97 Å². The maximum Gasteiger partial charge on any atom is 0.338 e. The number of rotatable bonds is 3. The average Bonchev–Trinajstić information content (AvgIpc) is 2.67. The normalized spacial score (nSPS) is 28.0. The first-order chi connectivity index (χ1) is 8.16. The van der Waals surface area contributed by atoms with Gasteiger partial charge in [0.05, 0.1) is 11.7 Å². The van der Waals surface area contributed by atoms with E-state index in [4.69, 9.17) is 14.6 Å². The van der Waals surface area contributed by atoms with Crippen LogP contribution in [0.3, 0.4) is 0 Å². The molecule has 2 rings (SSSR count). The van der Waals surface area contributed by atoms with E-state index in [1.54, 1.807) is 24.3 Å². The average molecular weight is 238 g/mol. The Morgan fingerprint density at radius 2 is 2.06 bits per heavy atom. The number of hydrogen-bond donors (Lipinski definition) is 2. The highest BCUT2D eigenvalue weighted by molar-refractivity contribution is 5.89. The fraction of sp³-hybridized carbons (Fsp3) is 0.417. The smallest absolute Gasteiger partial charge is 0.338 e. The molecule has 0 unspecified atom stereocenters. The summed E-state index contributed by atoms with van der Waals surface area (Å²) >= 11 is 0. The summed E-state index contributed by atoms with van der Waals surface area (Å²) in [7, 11) is 0. The predicted molar refractivity (Wildman–Crippen MR) is 58.2 cm³/mol. The zero-order chi connectivity index (χ0) is 12.3. The van der Waals surface area contributed by atoms with Crippen LogP contribution in [0.5, 0.6) is 0 Å². The summed E-state index contributed by atoms with van der Waals surface area (Å²) in [6, 6.07) is 8.61.